The fraction of sp³-hybridized carbons (Fsp3) is 0.333. The van der Waals surface area contributed by atoms with Crippen LogP contribution in [0.5, 0.6) is 0 Å². The molecule has 0 saturated heterocycles. The third-order valence-electron chi connectivity index (χ3n) is 5.37. The number of allylic oxidation sites excluding steroid dienone is 1. The molecule has 0 bridgehead atoms. The van der Waals surface area contributed by atoms with Gasteiger partial charge >= 0.3 is 0 Å². The molecule has 198 valence electrons. The zero-order chi connectivity index (χ0) is 25.2. The number of carbonyl (C=O) groups excluding carboxylic acids is 1. The second kappa shape index (κ2) is 12.6. The summed E-state index contributed by atoms with van der Waals surface area (Å²) < 4.78 is 42.8. The van der Waals surface area contributed by atoms with Gasteiger partial charge in [0.1, 0.15) is 11.5 Å². The molecular formula is C24H32Cl2FN5O3S. The summed E-state index contributed by atoms with van der Waals surface area (Å²) in [5.74, 6) is -0.731. The van der Waals surface area contributed by atoms with Crippen molar-refractivity contribution in [1.82, 2.24) is 19.2 Å². The van der Waals surface area contributed by atoms with E-state index in [1.807, 2.05) is 20.8 Å². The molecule has 0 spiro atoms. The van der Waals surface area contributed by atoms with Gasteiger partial charge in [0.25, 0.3) is 5.91 Å². The molecule has 2 aromatic heterocycles. The van der Waals surface area contributed by atoms with Crippen LogP contribution >= 0.6 is 24.8 Å². The number of benzene rings is 1. The van der Waals surface area contributed by atoms with Gasteiger partial charge in [-0.2, -0.15) is 0 Å². The van der Waals surface area contributed by atoms with Gasteiger partial charge in [-0.15, -0.1) is 24.8 Å². The highest BCUT2D eigenvalue weighted by atomic mass is 35.5. The van der Waals surface area contributed by atoms with E-state index in [0.717, 1.165) is 4.31 Å². The Balaban J connectivity index is 0.00000324. The van der Waals surface area contributed by atoms with Crippen molar-refractivity contribution in [3.05, 3.63) is 59.7 Å². The van der Waals surface area contributed by atoms with E-state index in [4.69, 9.17) is 5.73 Å². The van der Waals surface area contributed by atoms with E-state index in [-0.39, 0.29) is 60.4 Å². The lowest BCUT2D eigenvalue weighted by molar-refractivity contribution is 0.0938. The van der Waals surface area contributed by atoms with Gasteiger partial charge in [0, 0.05) is 37.9 Å². The van der Waals surface area contributed by atoms with Gasteiger partial charge in [-0.05, 0) is 56.7 Å². The number of hydrogen-bond acceptors (Lipinski definition) is 5. The minimum absolute atomic E-state index is 0. The Bertz CT molecular complexity index is 1370. The molecule has 0 aliphatic carbocycles. The van der Waals surface area contributed by atoms with E-state index in [0.29, 0.717) is 27.9 Å². The lowest BCUT2D eigenvalue weighted by atomic mass is 10.0. The van der Waals surface area contributed by atoms with Crippen molar-refractivity contribution in [1.29, 1.82) is 0 Å². The van der Waals surface area contributed by atoms with Gasteiger partial charge < -0.3 is 15.6 Å². The van der Waals surface area contributed by atoms with Crippen LogP contribution in [0.4, 0.5) is 4.39 Å². The second-order valence-electron chi connectivity index (χ2n) is 8.44. The number of carbonyl (C=O) groups is 1. The first-order chi connectivity index (χ1) is 16.0. The van der Waals surface area contributed by atoms with Crippen molar-refractivity contribution in [3.63, 3.8) is 0 Å². The first kappa shape index (κ1) is 31.5. The molecule has 1 amide bonds. The fourth-order valence-electron chi connectivity index (χ4n) is 3.72. The van der Waals surface area contributed by atoms with Gasteiger partial charge in [-0.1, -0.05) is 12.1 Å². The molecule has 0 atom stereocenters. The van der Waals surface area contributed by atoms with Gasteiger partial charge in [-0.3, -0.25) is 4.79 Å². The van der Waals surface area contributed by atoms with Crippen LogP contribution in [-0.4, -0.2) is 54.9 Å². The lowest BCUT2D eigenvalue weighted by Crippen LogP contribution is -2.30. The molecule has 8 nitrogen and oxygen atoms in total. The SMILES string of the molecule is Cc1c(-c2cccc(S(=O)(=O)N(C)C)c2)c2nc(C(=O)NC(C)C)ccc2n1CC(F)=CCN.Cl.Cl. The molecule has 3 rings (SSSR count). The number of aromatic nitrogens is 2. The second-order valence-corrected chi connectivity index (χ2v) is 10.6. The number of rotatable bonds is 8. The van der Waals surface area contributed by atoms with Crippen molar-refractivity contribution in [2.45, 2.75) is 38.3 Å². The Kier molecular flexibility index (Phi) is 11.1. The molecule has 0 radical (unpaired) electrons. The molecule has 1 aromatic carbocycles. The number of amides is 1. The lowest BCUT2D eigenvalue weighted by Gasteiger charge is -2.13. The quantitative estimate of drug-likeness (QED) is 0.432. The number of nitrogens with one attached hydrogen (secondary N) is 1. The Hall–Kier alpha value is -2.50. The first-order valence-corrected chi connectivity index (χ1v) is 12.3. The largest absolute Gasteiger partial charge is 0.349 e. The summed E-state index contributed by atoms with van der Waals surface area (Å²) in [6, 6.07) is 9.76. The molecule has 0 fully saturated rings. The molecule has 2 heterocycles. The summed E-state index contributed by atoms with van der Waals surface area (Å²) >= 11 is 0. The molecule has 0 unspecified atom stereocenters. The summed E-state index contributed by atoms with van der Waals surface area (Å²) in [6.07, 6.45) is 1.30. The van der Waals surface area contributed by atoms with Gasteiger partial charge in [0.15, 0.2) is 0 Å². The smallest absolute Gasteiger partial charge is 0.270 e. The standard InChI is InChI=1S/C24H30FN5O3S.2ClH/c1-15(2)27-24(31)20-9-10-21-23(28-20)22(16(3)30(21)14-18(25)11-12-26)17-7-6-8-19(13-17)34(32,33)29(4)5;;/h6-11,13,15H,12,14,26H2,1-5H3,(H,27,31);2*1H. The molecular weight excluding hydrogens is 528 g/mol. The highest BCUT2D eigenvalue weighted by Gasteiger charge is 2.23. The minimum Gasteiger partial charge on any atom is -0.349 e. The third kappa shape index (κ3) is 6.43. The van der Waals surface area contributed by atoms with Crippen LogP contribution < -0.4 is 11.1 Å². The van der Waals surface area contributed by atoms with Gasteiger partial charge in [-0.25, -0.2) is 22.1 Å². The highest BCUT2D eigenvalue weighted by molar-refractivity contribution is 7.89. The van der Waals surface area contributed by atoms with Crippen molar-refractivity contribution < 1.29 is 17.6 Å². The van der Waals surface area contributed by atoms with Crippen LogP contribution in [0.25, 0.3) is 22.2 Å². The summed E-state index contributed by atoms with van der Waals surface area (Å²) in [7, 11) is -0.739. The summed E-state index contributed by atoms with van der Waals surface area (Å²) in [4.78, 5) is 17.3. The number of fused-ring (bicyclic) bond motifs is 1. The predicted molar refractivity (Wildman–Crippen MR) is 146 cm³/mol. The molecule has 3 N–H and O–H groups in total. The zero-order valence-electron chi connectivity index (χ0n) is 20.8. The average molecular weight is 561 g/mol. The van der Waals surface area contributed by atoms with E-state index in [1.165, 1.54) is 26.2 Å². The Morgan fingerprint density at radius 3 is 2.47 bits per heavy atom. The van der Waals surface area contributed by atoms with Crippen molar-refractivity contribution in [2.75, 3.05) is 20.6 Å². The zero-order valence-corrected chi connectivity index (χ0v) is 23.2. The molecule has 3 aromatic rings. The van der Waals surface area contributed by atoms with Crippen molar-refractivity contribution >= 4 is 51.8 Å². The van der Waals surface area contributed by atoms with E-state index in [2.05, 4.69) is 10.3 Å². The van der Waals surface area contributed by atoms with Crippen LogP contribution in [0.2, 0.25) is 0 Å². The Morgan fingerprint density at radius 2 is 1.89 bits per heavy atom. The number of nitrogens with two attached hydrogens (primary N) is 1. The monoisotopic (exact) mass is 559 g/mol. The summed E-state index contributed by atoms with van der Waals surface area (Å²) in [6.45, 7) is 5.53. The van der Waals surface area contributed by atoms with Gasteiger partial charge in [0.05, 0.1) is 22.5 Å². The van der Waals surface area contributed by atoms with Crippen LogP contribution in [-0.2, 0) is 16.6 Å². The van der Waals surface area contributed by atoms with Crippen LogP contribution in [0, 0.1) is 6.92 Å². The minimum atomic E-state index is -3.67. The number of pyridine rings is 1. The van der Waals surface area contributed by atoms with Crippen LogP contribution in [0.1, 0.15) is 30.0 Å². The number of hydrogen-bond donors (Lipinski definition) is 2. The van der Waals surface area contributed by atoms with Gasteiger partial charge in [0.2, 0.25) is 10.0 Å². The molecule has 0 saturated carbocycles. The molecule has 0 aliphatic heterocycles. The number of sulfonamides is 1. The van der Waals surface area contributed by atoms with E-state index in [1.54, 1.807) is 34.9 Å². The number of halogens is 3. The summed E-state index contributed by atoms with van der Waals surface area (Å²) in [5.41, 5.74) is 8.69. The Morgan fingerprint density at radius 1 is 1.22 bits per heavy atom. The van der Waals surface area contributed by atoms with E-state index < -0.39 is 15.9 Å². The molecule has 0 aliphatic rings. The third-order valence-corrected chi connectivity index (χ3v) is 7.18. The highest BCUT2D eigenvalue weighted by Crippen LogP contribution is 2.35. The molecule has 12 heteroatoms. The van der Waals surface area contributed by atoms with Crippen LogP contribution in [0.3, 0.4) is 0 Å². The van der Waals surface area contributed by atoms with Crippen LogP contribution in [0.15, 0.2) is 53.2 Å². The summed E-state index contributed by atoms with van der Waals surface area (Å²) in [5, 5.41) is 2.82. The van der Waals surface area contributed by atoms with E-state index >= 15 is 0 Å². The number of nitrogens with zero attached hydrogens (tertiary/aromatic N) is 3. The first-order valence-electron chi connectivity index (χ1n) is 10.9. The predicted octanol–water partition coefficient (Wildman–Crippen LogP) is 4.06. The topological polar surface area (TPSA) is 110 Å². The van der Waals surface area contributed by atoms with E-state index in [9.17, 15) is 17.6 Å². The fourth-order valence-corrected chi connectivity index (χ4v) is 4.67. The average Bonchev–Trinajstić information content (AvgIpc) is 3.04. The molecule has 36 heavy (non-hydrogen) atoms. The Labute approximate surface area is 223 Å². The van der Waals surface area contributed by atoms with Crippen molar-refractivity contribution in [2.24, 2.45) is 5.73 Å². The normalized spacial score (nSPS) is 12.0. The maximum Gasteiger partial charge on any atom is 0.270 e. The van der Waals surface area contributed by atoms with Crippen molar-refractivity contribution in [3.8, 4) is 11.1 Å². The maximum absolute atomic E-state index is 14.5. The maximum atomic E-state index is 14.5.